The third kappa shape index (κ3) is 5.21. The number of carbonyl (C=O) groups is 2. The largest absolute Gasteiger partial charge is 0.340 e. The SMILES string of the molecule is CCc1nnc(NC(=O)[C@@H](Cc2ccccc2)NC(=O)c2ccccc2)s1. The van der Waals surface area contributed by atoms with Gasteiger partial charge in [-0.25, -0.2) is 0 Å². The van der Waals surface area contributed by atoms with E-state index in [0.29, 0.717) is 17.1 Å². The number of amides is 2. The minimum Gasteiger partial charge on any atom is -0.340 e. The molecular weight excluding hydrogens is 360 g/mol. The number of nitrogens with one attached hydrogen (secondary N) is 2. The molecule has 0 aliphatic heterocycles. The van der Waals surface area contributed by atoms with Crippen molar-refractivity contribution in [3.63, 3.8) is 0 Å². The quantitative estimate of drug-likeness (QED) is 0.660. The van der Waals surface area contributed by atoms with Crippen molar-refractivity contribution < 1.29 is 9.59 Å². The van der Waals surface area contributed by atoms with Crippen LogP contribution in [0.3, 0.4) is 0 Å². The van der Waals surface area contributed by atoms with Crippen molar-refractivity contribution in [2.24, 2.45) is 0 Å². The molecule has 2 N–H and O–H groups in total. The zero-order valence-electron chi connectivity index (χ0n) is 14.9. The monoisotopic (exact) mass is 380 g/mol. The summed E-state index contributed by atoms with van der Waals surface area (Å²) in [6.45, 7) is 1.98. The van der Waals surface area contributed by atoms with E-state index < -0.39 is 6.04 Å². The fourth-order valence-corrected chi connectivity index (χ4v) is 3.21. The number of aromatic nitrogens is 2. The van der Waals surface area contributed by atoms with Crippen LogP contribution in [0.4, 0.5) is 5.13 Å². The van der Waals surface area contributed by atoms with E-state index in [2.05, 4.69) is 20.8 Å². The van der Waals surface area contributed by atoms with Gasteiger partial charge < -0.3 is 5.32 Å². The summed E-state index contributed by atoms with van der Waals surface area (Å²) in [4.78, 5) is 25.3. The van der Waals surface area contributed by atoms with Crippen LogP contribution >= 0.6 is 11.3 Å². The van der Waals surface area contributed by atoms with Gasteiger partial charge in [-0.3, -0.25) is 14.9 Å². The number of hydrogen-bond acceptors (Lipinski definition) is 5. The van der Waals surface area contributed by atoms with Gasteiger partial charge in [0.1, 0.15) is 11.0 Å². The van der Waals surface area contributed by atoms with E-state index in [0.717, 1.165) is 17.0 Å². The number of aryl methyl sites for hydroxylation is 1. The Morgan fingerprint density at radius 2 is 1.67 bits per heavy atom. The zero-order valence-corrected chi connectivity index (χ0v) is 15.7. The molecule has 2 aromatic carbocycles. The highest BCUT2D eigenvalue weighted by Crippen LogP contribution is 2.16. The van der Waals surface area contributed by atoms with E-state index in [4.69, 9.17) is 0 Å². The van der Waals surface area contributed by atoms with Crippen molar-refractivity contribution in [3.05, 3.63) is 76.8 Å². The van der Waals surface area contributed by atoms with Gasteiger partial charge in [0.2, 0.25) is 11.0 Å². The molecule has 1 heterocycles. The van der Waals surface area contributed by atoms with Crippen LogP contribution in [0.5, 0.6) is 0 Å². The van der Waals surface area contributed by atoms with Gasteiger partial charge in [-0.1, -0.05) is 66.8 Å². The first-order chi connectivity index (χ1) is 13.2. The Bertz CT molecular complexity index is 897. The summed E-state index contributed by atoms with van der Waals surface area (Å²) in [5.74, 6) is -0.611. The van der Waals surface area contributed by atoms with Crippen molar-refractivity contribution in [2.45, 2.75) is 25.8 Å². The van der Waals surface area contributed by atoms with Gasteiger partial charge in [-0.05, 0) is 24.1 Å². The molecule has 0 fully saturated rings. The van der Waals surface area contributed by atoms with Crippen molar-refractivity contribution in [2.75, 3.05) is 5.32 Å². The first kappa shape index (κ1) is 18.7. The van der Waals surface area contributed by atoms with E-state index in [-0.39, 0.29) is 11.8 Å². The van der Waals surface area contributed by atoms with Crippen molar-refractivity contribution in [1.29, 1.82) is 0 Å². The molecule has 3 rings (SSSR count). The molecule has 3 aromatic rings. The molecule has 0 bridgehead atoms. The minimum atomic E-state index is -0.728. The molecule has 7 heteroatoms. The Labute approximate surface area is 161 Å². The molecule has 1 aromatic heterocycles. The van der Waals surface area contributed by atoms with E-state index in [9.17, 15) is 9.59 Å². The second-order valence-corrected chi connectivity index (χ2v) is 6.99. The average molecular weight is 380 g/mol. The van der Waals surface area contributed by atoms with Crippen LogP contribution in [0.15, 0.2) is 60.7 Å². The van der Waals surface area contributed by atoms with Crippen molar-refractivity contribution >= 4 is 28.3 Å². The van der Waals surface area contributed by atoms with Gasteiger partial charge in [-0.2, -0.15) is 0 Å². The van der Waals surface area contributed by atoms with Crippen LogP contribution in [0.2, 0.25) is 0 Å². The molecule has 27 heavy (non-hydrogen) atoms. The molecule has 2 amide bonds. The van der Waals surface area contributed by atoms with E-state index in [1.165, 1.54) is 11.3 Å². The Balaban J connectivity index is 1.75. The predicted octanol–water partition coefficient (Wildman–Crippen LogP) is 3.08. The van der Waals surface area contributed by atoms with Gasteiger partial charge >= 0.3 is 0 Å². The Morgan fingerprint density at radius 3 is 2.30 bits per heavy atom. The topological polar surface area (TPSA) is 84.0 Å². The maximum absolute atomic E-state index is 12.8. The smallest absolute Gasteiger partial charge is 0.251 e. The molecule has 0 spiro atoms. The zero-order chi connectivity index (χ0) is 19.1. The third-order valence-corrected chi connectivity index (χ3v) is 4.92. The van der Waals surface area contributed by atoms with Crippen LogP contribution in [0.1, 0.15) is 27.9 Å². The van der Waals surface area contributed by atoms with Gasteiger partial charge in [0.25, 0.3) is 5.91 Å². The van der Waals surface area contributed by atoms with Gasteiger partial charge in [0.15, 0.2) is 0 Å². The highest BCUT2D eigenvalue weighted by molar-refractivity contribution is 7.15. The van der Waals surface area contributed by atoms with Crippen LogP contribution in [-0.4, -0.2) is 28.1 Å². The summed E-state index contributed by atoms with van der Waals surface area (Å²) in [6.07, 6.45) is 1.14. The molecular formula is C20H20N4O2S. The van der Waals surface area contributed by atoms with Gasteiger partial charge in [-0.15, -0.1) is 10.2 Å². The molecule has 0 aliphatic carbocycles. The lowest BCUT2D eigenvalue weighted by molar-refractivity contribution is -0.118. The van der Waals surface area contributed by atoms with Crippen molar-refractivity contribution in [3.8, 4) is 0 Å². The lowest BCUT2D eigenvalue weighted by Crippen LogP contribution is -2.45. The number of carbonyl (C=O) groups excluding carboxylic acids is 2. The Kier molecular flexibility index (Phi) is 6.27. The van der Waals surface area contributed by atoms with Crippen LogP contribution in [0.25, 0.3) is 0 Å². The number of rotatable bonds is 7. The molecule has 0 saturated heterocycles. The minimum absolute atomic E-state index is 0.293. The Hall–Kier alpha value is -3.06. The molecule has 6 nitrogen and oxygen atoms in total. The van der Waals surface area contributed by atoms with Gasteiger partial charge in [0, 0.05) is 12.0 Å². The van der Waals surface area contributed by atoms with E-state index in [1.54, 1.807) is 24.3 Å². The number of anilines is 1. The molecule has 0 radical (unpaired) electrons. The highest BCUT2D eigenvalue weighted by atomic mass is 32.1. The summed E-state index contributed by atoms with van der Waals surface area (Å²) >= 11 is 1.33. The molecule has 1 atom stereocenters. The first-order valence-corrected chi connectivity index (χ1v) is 9.50. The lowest BCUT2D eigenvalue weighted by Gasteiger charge is -2.18. The van der Waals surface area contributed by atoms with Crippen LogP contribution in [-0.2, 0) is 17.6 Å². The summed E-state index contributed by atoms with van der Waals surface area (Å²) in [6, 6.07) is 17.7. The third-order valence-electron chi connectivity index (χ3n) is 3.94. The fourth-order valence-electron chi connectivity index (χ4n) is 2.53. The maximum atomic E-state index is 12.8. The average Bonchev–Trinajstić information content (AvgIpc) is 3.16. The second-order valence-electron chi connectivity index (χ2n) is 5.93. The summed E-state index contributed by atoms with van der Waals surface area (Å²) in [7, 11) is 0. The highest BCUT2D eigenvalue weighted by Gasteiger charge is 2.23. The Morgan fingerprint density at radius 1 is 1.00 bits per heavy atom. The normalized spacial score (nSPS) is 11.6. The van der Waals surface area contributed by atoms with Crippen molar-refractivity contribution in [1.82, 2.24) is 15.5 Å². The predicted molar refractivity (Wildman–Crippen MR) is 106 cm³/mol. The van der Waals surface area contributed by atoms with E-state index >= 15 is 0 Å². The standard InChI is InChI=1S/C20H20N4O2S/c1-2-17-23-24-20(27-17)22-19(26)16(13-14-9-5-3-6-10-14)21-18(25)15-11-7-4-8-12-15/h3-12,16H,2,13H2,1H3,(H,21,25)(H,22,24,26)/t16-/m1/s1. The molecule has 0 aliphatic rings. The number of hydrogen-bond donors (Lipinski definition) is 2. The lowest BCUT2D eigenvalue weighted by atomic mass is 10.0. The van der Waals surface area contributed by atoms with Crippen LogP contribution < -0.4 is 10.6 Å². The number of nitrogens with zero attached hydrogens (tertiary/aromatic N) is 2. The van der Waals surface area contributed by atoms with Gasteiger partial charge in [0.05, 0.1) is 0 Å². The maximum Gasteiger partial charge on any atom is 0.251 e. The van der Waals surface area contributed by atoms with E-state index in [1.807, 2.05) is 43.3 Å². The summed E-state index contributed by atoms with van der Waals surface area (Å²) in [5.41, 5.74) is 1.46. The van der Waals surface area contributed by atoms with Crippen LogP contribution in [0, 0.1) is 0 Å². The summed E-state index contributed by atoms with van der Waals surface area (Å²) < 4.78 is 0. The number of benzene rings is 2. The first-order valence-electron chi connectivity index (χ1n) is 8.68. The molecule has 138 valence electrons. The fraction of sp³-hybridized carbons (Fsp3) is 0.200. The summed E-state index contributed by atoms with van der Waals surface area (Å²) in [5, 5.41) is 14.9. The second kappa shape index (κ2) is 9.05. The molecule has 0 unspecified atom stereocenters. The molecule has 0 saturated carbocycles.